The Labute approximate surface area is 122 Å². The van der Waals surface area contributed by atoms with Crippen molar-refractivity contribution in [1.29, 1.82) is 0 Å². The van der Waals surface area contributed by atoms with Crippen LogP contribution in [0.1, 0.15) is 5.56 Å². The van der Waals surface area contributed by atoms with Crippen molar-refractivity contribution in [2.75, 3.05) is 5.43 Å². The van der Waals surface area contributed by atoms with Crippen LogP contribution in [0.25, 0.3) is 0 Å². The van der Waals surface area contributed by atoms with Gasteiger partial charge in [0.2, 0.25) is 5.82 Å². The Hall–Kier alpha value is -2.26. The van der Waals surface area contributed by atoms with E-state index in [1.165, 1.54) is 0 Å². The lowest BCUT2D eigenvalue weighted by atomic mass is 10.2. The predicted molar refractivity (Wildman–Crippen MR) is 75.4 cm³/mol. The first-order valence-electron chi connectivity index (χ1n) is 5.43. The van der Waals surface area contributed by atoms with Crippen LogP contribution in [0, 0.1) is 17.0 Å². The van der Waals surface area contributed by atoms with E-state index in [9.17, 15) is 10.1 Å². The molecule has 104 valence electrons. The molecular weight excluding hydrogens is 330 g/mol. The van der Waals surface area contributed by atoms with Gasteiger partial charge in [0.15, 0.2) is 0 Å². The number of anilines is 1. The zero-order valence-corrected chi connectivity index (χ0v) is 11.9. The lowest BCUT2D eigenvalue weighted by Gasteiger charge is -2.08. The molecular formula is C11H10BrN5O3. The molecule has 0 aliphatic carbocycles. The highest BCUT2D eigenvalue weighted by Gasteiger charge is 2.24. The molecule has 0 radical (unpaired) electrons. The van der Waals surface area contributed by atoms with Crippen molar-refractivity contribution in [2.24, 2.45) is 5.84 Å². The van der Waals surface area contributed by atoms with Crippen LogP contribution < -0.4 is 16.0 Å². The van der Waals surface area contributed by atoms with Crippen LogP contribution in [0.5, 0.6) is 11.6 Å². The Morgan fingerprint density at radius 2 is 2.20 bits per heavy atom. The maximum absolute atomic E-state index is 11.1. The quantitative estimate of drug-likeness (QED) is 0.499. The molecule has 0 aliphatic rings. The number of benzene rings is 1. The Balaban J connectivity index is 2.42. The summed E-state index contributed by atoms with van der Waals surface area (Å²) in [5, 5.41) is 11.1. The second kappa shape index (κ2) is 5.80. The molecule has 9 heteroatoms. The molecule has 2 rings (SSSR count). The van der Waals surface area contributed by atoms with E-state index in [2.05, 4.69) is 31.3 Å². The maximum atomic E-state index is 11.1. The molecule has 0 spiro atoms. The van der Waals surface area contributed by atoms with Crippen LogP contribution in [0.3, 0.4) is 0 Å². The molecule has 2 aromatic rings. The third-order valence-corrected chi connectivity index (χ3v) is 3.34. The van der Waals surface area contributed by atoms with Gasteiger partial charge in [-0.25, -0.2) is 10.8 Å². The fourth-order valence-electron chi connectivity index (χ4n) is 1.50. The maximum Gasteiger partial charge on any atom is 0.374 e. The van der Waals surface area contributed by atoms with Crippen LogP contribution in [0.4, 0.5) is 11.5 Å². The number of ether oxygens (including phenoxy) is 1. The van der Waals surface area contributed by atoms with E-state index in [0.717, 1.165) is 16.4 Å². The minimum absolute atomic E-state index is 0.117. The number of hydrogen-bond donors (Lipinski definition) is 2. The molecule has 0 aliphatic heterocycles. The predicted octanol–water partition coefficient (Wildman–Crippen LogP) is 2.53. The summed E-state index contributed by atoms with van der Waals surface area (Å²) in [4.78, 5) is 17.8. The molecule has 0 saturated heterocycles. The minimum atomic E-state index is -0.657. The summed E-state index contributed by atoms with van der Waals surface area (Å²) in [6, 6.07) is 5.17. The van der Waals surface area contributed by atoms with E-state index in [4.69, 9.17) is 10.6 Å². The number of nitro groups is 1. The van der Waals surface area contributed by atoms with Crippen LogP contribution in [0.2, 0.25) is 0 Å². The van der Waals surface area contributed by atoms with Crippen molar-refractivity contribution < 1.29 is 9.66 Å². The summed E-state index contributed by atoms with van der Waals surface area (Å²) >= 11 is 3.36. The first-order chi connectivity index (χ1) is 9.52. The minimum Gasteiger partial charge on any atom is -0.434 e. The van der Waals surface area contributed by atoms with Gasteiger partial charge in [-0.2, -0.15) is 4.98 Å². The van der Waals surface area contributed by atoms with Crippen LogP contribution >= 0.6 is 15.9 Å². The monoisotopic (exact) mass is 339 g/mol. The fraction of sp³-hybridized carbons (Fsp3) is 0.0909. The van der Waals surface area contributed by atoms with Gasteiger partial charge < -0.3 is 10.2 Å². The van der Waals surface area contributed by atoms with Gasteiger partial charge in [0, 0.05) is 4.47 Å². The average Bonchev–Trinajstić information content (AvgIpc) is 2.42. The van der Waals surface area contributed by atoms with Gasteiger partial charge in [-0.05, 0) is 30.7 Å². The smallest absolute Gasteiger partial charge is 0.374 e. The molecule has 0 unspecified atom stereocenters. The number of aromatic nitrogens is 2. The Morgan fingerprint density at radius 1 is 1.45 bits per heavy atom. The highest BCUT2D eigenvalue weighted by Crippen LogP contribution is 2.34. The highest BCUT2D eigenvalue weighted by atomic mass is 79.9. The van der Waals surface area contributed by atoms with Gasteiger partial charge in [0.25, 0.3) is 0 Å². The number of rotatable bonds is 4. The van der Waals surface area contributed by atoms with Gasteiger partial charge in [0.05, 0.1) is 4.92 Å². The number of aryl methyl sites for hydroxylation is 1. The molecule has 0 atom stereocenters. The van der Waals surface area contributed by atoms with E-state index in [-0.39, 0.29) is 11.7 Å². The summed E-state index contributed by atoms with van der Waals surface area (Å²) in [6.07, 6.45) is 1.13. The van der Waals surface area contributed by atoms with Crippen LogP contribution in [0.15, 0.2) is 29.0 Å². The summed E-state index contributed by atoms with van der Waals surface area (Å²) in [5.74, 6) is 5.32. The highest BCUT2D eigenvalue weighted by molar-refractivity contribution is 9.10. The number of halogens is 1. The Morgan fingerprint density at radius 3 is 2.80 bits per heavy atom. The zero-order valence-electron chi connectivity index (χ0n) is 10.3. The molecule has 0 fully saturated rings. The van der Waals surface area contributed by atoms with E-state index < -0.39 is 10.6 Å². The molecule has 0 bridgehead atoms. The number of nitrogens with two attached hydrogens (primary N) is 1. The molecule has 20 heavy (non-hydrogen) atoms. The number of nitrogens with zero attached hydrogens (tertiary/aromatic N) is 3. The van der Waals surface area contributed by atoms with Crippen LogP contribution in [-0.2, 0) is 0 Å². The van der Waals surface area contributed by atoms with Gasteiger partial charge in [0.1, 0.15) is 12.1 Å². The third-order valence-electron chi connectivity index (χ3n) is 2.45. The number of hydrazine groups is 1. The van der Waals surface area contributed by atoms with Gasteiger partial charge >= 0.3 is 11.6 Å². The molecule has 1 aromatic heterocycles. The molecule has 0 saturated carbocycles. The summed E-state index contributed by atoms with van der Waals surface area (Å²) in [5.41, 5.74) is 2.65. The average molecular weight is 340 g/mol. The first kappa shape index (κ1) is 14.2. The normalized spacial score (nSPS) is 10.2. The number of nitrogen functional groups attached to an aromatic ring is 1. The second-order valence-corrected chi connectivity index (χ2v) is 4.64. The molecule has 1 heterocycles. The Kier molecular flexibility index (Phi) is 4.11. The molecule has 8 nitrogen and oxygen atoms in total. The third kappa shape index (κ3) is 2.83. The van der Waals surface area contributed by atoms with E-state index in [1.807, 2.05) is 6.92 Å². The van der Waals surface area contributed by atoms with Crippen molar-refractivity contribution in [2.45, 2.75) is 6.92 Å². The zero-order chi connectivity index (χ0) is 14.7. The van der Waals surface area contributed by atoms with E-state index in [1.54, 1.807) is 18.2 Å². The number of nitrogens with one attached hydrogen (secondary N) is 1. The summed E-state index contributed by atoms with van der Waals surface area (Å²) < 4.78 is 6.35. The SMILES string of the molecule is Cc1cc(Oc2ncnc(NN)c2[N+](=O)[O-])ccc1Br. The lowest BCUT2D eigenvalue weighted by molar-refractivity contribution is -0.385. The van der Waals surface area contributed by atoms with Gasteiger partial charge in [-0.3, -0.25) is 10.1 Å². The van der Waals surface area contributed by atoms with E-state index in [0.29, 0.717) is 5.75 Å². The van der Waals surface area contributed by atoms with Crippen LogP contribution in [-0.4, -0.2) is 14.9 Å². The Bertz CT molecular complexity index is 665. The van der Waals surface area contributed by atoms with Crippen molar-refractivity contribution in [3.63, 3.8) is 0 Å². The van der Waals surface area contributed by atoms with Gasteiger partial charge in [-0.15, -0.1) is 0 Å². The fourth-order valence-corrected chi connectivity index (χ4v) is 1.75. The summed E-state index contributed by atoms with van der Waals surface area (Å²) in [6.45, 7) is 1.87. The lowest BCUT2D eigenvalue weighted by Crippen LogP contribution is -2.12. The molecule has 3 N–H and O–H groups in total. The number of hydrogen-bond acceptors (Lipinski definition) is 7. The van der Waals surface area contributed by atoms with Crippen molar-refractivity contribution in [3.8, 4) is 11.6 Å². The standard InChI is InChI=1S/C11H10BrN5O3/c1-6-4-7(2-3-8(6)12)20-11-9(17(18)19)10(16-13)14-5-15-11/h2-5H,13H2,1H3,(H,14,15,16). The molecule has 1 aromatic carbocycles. The second-order valence-electron chi connectivity index (χ2n) is 3.79. The van der Waals surface area contributed by atoms with E-state index >= 15 is 0 Å². The topological polar surface area (TPSA) is 116 Å². The van der Waals surface area contributed by atoms with Gasteiger partial charge in [-0.1, -0.05) is 15.9 Å². The first-order valence-corrected chi connectivity index (χ1v) is 6.22. The van der Waals surface area contributed by atoms with Crippen molar-refractivity contribution in [1.82, 2.24) is 9.97 Å². The van der Waals surface area contributed by atoms with Crippen molar-refractivity contribution in [3.05, 3.63) is 44.7 Å². The molecule has 0 amide bonds. The largest absolute Gasteiger partial charge is 0.434 e. The summed E-state index contributed by atoms with van der Waals surface area (Å²) in [7, 11) is 0. The van der Waals surface area contributed by atoms with Crippen molar-refractivity contribution >= 4 is 27.4 Å².